The highest BCUT2D eigenvalue weighted by Crippen LogP contribution is 2.35. The zero-order chi connectivity index (χ0) is 22.9. The topological polar surface area (TPSA) is 94.7 Å². The maximum atomic E-state index is 13.5. The zero-order valence-electron chi connectivity index (χ0n) is 18.3. The lowest BCUT2D eigenvalue weighted by molar-refractivity contribution is 0.0687. The highest BCUT2D eigenvalue weighted by molar-refractivity contribution is 5.88. The van der Waals surface area contributed by atoms with Crippen LogP contribution in [0.1, 0.15) is 48.3 Å². The van der Waals surface area contributed by atoms with Crippen LogP contribution in [0.25, 0.3) is 0 Å². The van der Waals surface area contributed by atoms with E-state index in [1.54, 1.807) is 12.1 Å². The molecule has 0 spiro atoms. The van der Waals surface area contributed by atoms with Gasteiger partial charge in [-0.3, -0.25) is 0 Å². The molecule has 0 unspecified atom stereocenters. The van der Waals surface area contributed by atoms with E-state index in [0.29, 0.717) is 5.75 Å². The largest absolute Gasteiger partial charge is 0.490 e. The number of aromatic nitrogens is 1. The number of halogens is 2. The van der Waals surface area contributed by atoms with Crippen LogP contribution < -0.4 is 15.2 Å². The number of rotatable bonds is 7. The van der Waals surface area contributed by atoms with Gasteiger partial charge in [0.1, 0.15) is 23.4 Å². The second-order valence-corrected chi connectivity index (χ2v) is 8.55. The first-order chi connectivity index (χ1) is 15.2. The van der Waals surface area contributed by atoms with Gasteiger partial charge in [0.15, 0.2) is 11.4 Å². The first-order valence-corrected chi connectivity index (χ1v) is 10.4. The summed E-state index contributed by atoms with van der Waals surface area (Å²) in [5, 5.41) is 9.23. The number of pyridine rings is 1. The molecule has 6 nitrogen and oxygen atoms in total. The van der Waals surface area contributed by atoms with E-state index in [9.17, 15) is 14.3 Å². The molecule has 2 aromatic carbocycles. The van der Waals surface area contributed by atoms with Crippen LogP contribution in [0, 0.1) is 5.82 Å². The van der Waals surface area contributed by atoms with Gasteiger partial charge in [0.25, 0.3) is 0 Å². The van der Waals surface area contributed by atoms with Gasteiger partial charge in [-0.1, -0.05) is 38.1 Å². The minimum absolute atomic E-state index is 0. The van der Waals surface area contributed by atoms with Crippen molar-refractivity contribution in [3.8, 4) is 17.2 Å². The number of benzene rings is 2. The van der Waals surface area contributed by atoms with Crippen molar-refractivity contribution in [3.63, 3.8) is 0 Å². The monoisotopic (exact) mass is 472 g/mol. The predicted octanol–water partition coefficient (Wildman–Crippen LogP) is 5.33. The Labute approximate surface area is 198 Å². The second kappa shape index (κ2) is 9.77. The van der Waals surface area contributed by atoms with Crippen LogP contribution in [0.2, 0.25) is 0 Å². The summed E-state index contributed by atoms with van der Waals surface area (Å²) in [6.45, 7) is 4.23. The van der Waals surface area contributed by atoms with Crippen LogP contribution in [-0.2, 0) is 5.41 Å². The van der Waals surface area contributed by atoms with Crippen molar-refractivity contribution in [1.82, 2.24) is 4.98 Å². The van der Waals surface area contributed by atoms with Crippen LogP contribution in [-0.4, -0.2) is 28.2 Å². The fraction of sp³-hybridized carbons (Fsp3) is 0.280. The van der Waals surface area contributed by atoms with E-state index in [-0.39, 0.29) is 41.4 Å². The number of hydrogen-bond donors (Lipinski definition) is 2. The third-order valence-corrected chi connectivity index (χ3v) is 5.84. The number of carboxylic acid groups (broad SMARTS) is 1. The summed E-state index contributed by atoms with van der Waals surface area (Å²) >= 11 is 0. The van der Waals surface area contributed by atoms with Crippen molar-refractivity contribution < 1.29 is 23.8 Å². The lowest BCUT2D eigenvalue weighted by Crippen LogP contribution is -2.43. The lowest BCUT2D eigenvalue weighted by Gasteiger charge is -2.33. The van der Waals surface area contributed by atoms with Crippen molar-refractivity contribution in [1.29, 1.82) is 0 Å². The molecule has 1 aliphatic rings. The molecular weight excluding hydrogens is 447 g/mol. The molecular formula is C25H26ClFN2O4. The Morgan fingerprint density at radius 3 is 2.12 bits per heavy atom. The van der Waals surface area contributed by atoms with Crippen LogP contribution in [0.5, 0.6) is 17.2 Å². The van der Waals surface area contributed by atoms with E-state index in [4.69, 9.17) is 15.2 Å². The SMILES string of the molecule is CC(C)(c1ccc(Oc2cc(F)cnc2C(=O)O)cc1)c1ccc(OC2CC(N)C2)cc1.Cl. The van der Waals surface area contributed by atoms with Gasteiger partial charge in [0.2, 0.25) is 0 Å². The van der Waals surface area contributed by atoms with E-state index >= 15 is 0 Å². The Kier molecular flexibility index (Phi) is 7.25. The van der Waals surface area contributed by atoms with Crippen LogP contribution in [0.3, 0.4) is 0 Å². The second-order valence-electron chi connectivity index (χ2n) is 8.55. The summed E-state index contributed by atoms with van der Waals surface area (Å²) in [6.07, 6.45) is 2.83. The van der Waals surface area contributed by atoms with Crippen molar-refractivity contribution in [2.75, 3.05) is 0 Å². The minimum Gasteiger partial charge on any atom is -0.490 e. The average Bonchev–Trinajstić information content (AvgIpc) is 2.73. The normalized spacial score (nSPS) is 17.5. The highest BCUT2D eigenvalue weighted by atomic mass is 35.5. The zero-order valence-corrected chi connectivity index (χ0v) is 19.1. The molecule has 0 bridgehead atoms. The molecule has 1 fully saturated rings. The number of carboxylic acids is 1. The number of hydrogen-bond acceptors (Lipinski definition) is 5. The Hall–Kier alpha value is -3.16. The number of aromatic carboxylic acids is 1. The first kappa shape index (κ1) is 24.5. The molecule has 0 saturated heterocycles. The molecule has 1 aliphatic carbocycles. The molecule has 0 aliphatic heterocycles. The summed E-state index contributed by atoms with van der Waals surface area (Å²) in [5.74, 6) is -0.877. The number of ether oxygens (including phenoxy) is 2. The number of nitrogens with two attached hydrogens (primary N) is 1. The van der Waals surface area contributed by atoms with Gasteiger partial charge in [-0.15, -0.1) is 12.4 Å². The molecule has 3 aromatic rings. The van der Waals surface area contributed by atoms with Gasteiger partial charge in [-0.2, -0.15) is 0 Å². The maximum Gasteiger partial charge on any atom is 0.358 e. The maximum absolute atomic E-state index is 13.5. The average molecular weight is 473 g/mol. The van der Waals surface area contributed by atoms with Gasteiger partial charge in [-0.05, 0) is 48.2 Å². The van der Waals surface area contributed by atoms with Gasteiger partial charge in [0, 0.05) is 17.5 Å². The molecule has 1 saturated carbocycles. The number of nitrogens with zero attached hydrogens (tertiary/aromatic N) is 1. The van der Waals surface area contributed by atoms with Crippen molar-refractivity contribution in [2.45, 2.75) is 44.2 Å². The van der Waals surface area contributed by atoms with E-state index in [1.807, 2.05) is 24.3 Å². The molecule has 0 atom stereocenters. The van der Waals surface area contributed by atoms with Gasteiger partial charge < -0.3 is 20.3 Å². The van der Waals surface area contributed by atoms with Crippen LogP contribution >= 0.6 is 12.4 Å². The quantitative estimate of drug-likeness (QED) is 0.482. The molecule has 8 heteroatoms. The molecule has 0 radical (unpaired) electrons. The third kappa shape index (κ3) is 5.43. The Morgan fingerprint density at radius 1 is 1.06 bits per heavy atom. The smallest absolute Gasteiger partial charge is 0.358 e. The first-order valence-electron chi connectivity index (χ1n) is 10.4. The molecule has 3 N–H and O–H groups in total. The molecule has 33 heavy (non-hydrogen) atoms. The summed E-state index contributed by atoms with van der Waals surface area (Å²) in [7, 11) is 0. The van der Waals surface area contributed by atoms with Crippen LogP contribution in [0.15, 0.2) is 60.8 Å². The summed E-state index contributed by atoms with van der Waals surface area (Å²) < 4.78 is 25.0. The van der Waals surface area contributed by atoms with Crippen molar-refractivity contribution in [3.05, 3.63) is 83.4 Å². The molecule has 1 aromatic heterocycles. The Bertz CT molecular complexity index is 1110. The van der Waals surface area contributed by atoms with E-state index in [1.165, 1.54) is 0 Å². The van der Waals surface area contributed by atoms with Gasteiger partial charge in [-0.25, -0.2) is 14.2 Å². The Balaban J connectivity index is 0.00000306. The molecule has 174 valence electrons. The molecule has 4 rings (SSSR count). The summed E-state index contributed by atoms with van der Waals surface area (Å²) in [5.41, 5.74) is 7.34. The highest BCUT2D eigenvalue weighted by Gasteiger charge is 2.28. The third-order valence-electron chi connectivity index (χ3n) is 5.84. The van der Waals surface area contributed by atoms with E-state index < -0.39 is 11.8 Å². The summed E-state index contributed by atoms with van der Waals surface area (Å²) in [6, 6.07) is 16.6. The van der Waals surface area contributed by atoms with Crippen LogP contribution in [0.4, 0.5) is 4.39 Å². The fourth-order valence-corrected chi connectivity index (χ4v) is 3.74. The lowest BCUT2D eigenvalue weighted by atomic mass is 9.78. The Morgan fingerprint density at radius 2 is 1.61 bits per heavy atom. The van der Waals surface area contributed by atoms with E-state index in [2.05, 4.69) is 31.0 Å². The van der Waals surface area contributed by atoms with Crippen molar-refractivity contribution >= 4 is 18.4 Å². The van der Waals surface area contributed by atoms with Gasteiger partial charge >= 0.3 is 5.97 Å². The standard InChI is InChI=1S/C25H25FN2O4.ClH/c1-25(2,15-3-7-19(8-4-15)31-21-12-18(27)13-21)16-5-9-20(10-6-16)32-22-11-17(26)14-28-23(22)24(29)30;/h3-11,14,18,21H,12-13,27H2,1-2H3,(H,29,30);1H. The molecule has 0 amide bonds. The predicted molar refractivity (Wildman–Crippen MR) is 125 cm³/mol. The van der Waals surface area contributed by atoms with Gasteiger partial charge in [0.05, 0.1) is 6.20 Å². The minimum atomic E-state index is -1.29. The molecule has 1 heterocycles. The van der Waals surface area contributed by atoms with E-state index in [0.717, 1.165) is 42.0 Å². The fourth-order valence-electron chi connectivity index (χ4n) is 3.74. The number of carbonyl (C=O) groups is 1. The van der Waals surface area contributed by atoms with Crippen molar-refractivity contribution in [2.24, 2.45) is 5.73 Å². The summed E-state index contributed by atoms with van der Waals surface area (Å²) in [4.78, 5) is 14.9.